The van der Waals surface area contributed by atoms with Gasteiger partial charge in [0, 0.05) is 51.3 Å². The van der Waals surface area contributed by atoms with E-state index < -0.39 is 28.9 Å². The lowest BCUT2D eigenvalue weighted by molar-refractivity contribution is -0.138. The number of hydrogen-bond acceptors (Lipinski definition) is 5. The molecule has 2 saturated heterocycles. The van der Waals surface area contributed by atoms with Gasteiger partial charge in [-0.3, -0.25) is 9.59 Å². The summed E-state index contributed by atoms with van der Waals surface area (Å²) in [6.45, 7) is 1.58. The van der Waals surface area contributed by atoms with Gasteiger partial charge in [0.25, 0.3) is 0 Å². The van der Waals surface area contributed by atoms with Gasteiger partial charge in [0.2, 0.25) is 11.8 Å². The largest absolute Gasteiger partial charge is 0.417 e. The van der Waals surface area contributed by atoms with Crippen LogP contribution in [0.3, 0.4) is 0 Å². The number of halogens is 4. The van der Waals surface area contributed by atoms with Crippen LogP contribution < -0.4 is 4.90 Å². The predicted octanol–water partition coefficient (Wildman–Crippen LogP) is 2.91. The van der Waals surface area contributed by atoms with Crippen LogP contribution in [-0.2, 0) is 15.8 Å². The van der Waals surface area contributed by atoms with Crippen LogP contribution in [0.25, 0.3) is 0 Å². The van der Waals surface area contributed by atoms with Gasteiger partial charge in [0.05, 0.1) is 29.3 Å². The summed E-state index contributed by atoms with van der Waals surface area (Å²) in [6, 6.07) is 3.00. The summed E-state index contributed by atoms with van der Waals surface area (Å²) >= 11 is 5.86. The van der Waals surface area contributed by atoms with Crippen LogP contribution in [0.15, 0.2) is 18.2 Å². The highest BCUT2D eigenvalue weighted by atomic mass is 35.5. The van der Waals surface area contributed by atoms with E-state index in [1.807, 2.05) is 0 Å². The Balaban J connectivity index is 1.34. The van der Waals surface area contributed by atoms with Crippen LogP contribution in [0.2, 0.25) is 5.02 Å². The second-order valence-electron chi connectivity index (χ2n) is 9.83. The van der Waals surface area contributed by atoms with E-state index in [9.17, 15) is 33.0 Å². The number of piperidine rings is 1. The molecule has 3 aliphatic rings. The number of alkyl halides is 3. The zero-order valence-electron chi connectivity index (χ0n) is 19.4. The summed E-state index contributed by atoms with van der Waals surface area (Å²) < 4.78 is 39.0. The zero-order chi connectivity index (χ0) is 25.4. The van der Waals surface area contributed by atoms with Gasteiger partial charge in [-0.1, -0.05) is 11.6 Å². The summed E-state index contributed by atoms with van der Waals surface area (Å²) in [4.78, 5) is 30.5. The number of aliphatic hydroxyl groups is 2. The normalized spacial score (nSPS) is 23.4. The maximum Gasteiger partial charge on any atom is 0.417 e. The lowest BCUT2D eigenvalue weighted by Gasteiger charge is -2.37. The molecule has 11 heteroatoms. The average Bonchev–Trinajstić information content (AvgIpc) is 3.61. The fraction of sp³-hybridized carbons (Fsp3) is 0.667. The number of β-amino-alcohol motifs (C(OH)–C–C–N with tert-alkyl or cyclic N) is 1. The second kappa shape index (κ2) is 10.1. The van der Waals surface area contributed by atoms with Crippen molar-refractivity contribution in [1.82, 2.24) is 9.80 Å². The maximum atomic E-state index is 13.0. The Morgan fingerprint density at radius 2 is 1.91 bits per heavy atom. The number of likely N-dealkylation sites (tertiary alicyclic amines) is 1. The molecule has 0 aromatic heterocycles. The van der Waals surface area contributed by atoms with Crippen LogP contribution in [0.1, 0.15) is 44.1 Å². The van der Waals surface area contributed by atoms with E-state index in [1.54, 1.807) is 14.7 Å². The van der Waals surface area contributed by atoms with Gasteiger partial charge in [-0.25, -0.2) is 0 Å². The number of amides is 2. The van der Waals surface area contributed by atoms with Gasteiger partial charge >= 0.3 is 6.18 Å². The molecule has 3 fully saturated rings. The van der Waals surface area contributed by atoms with E-state index in [0.717, 1.165) is 25.3 Å². The molecule has 1 aliphatic carbocycles. The fourth-order valence-corrected chi connectivity index (χ4v) is 5.48. The summed E-state index contributed by atoms with van der Waals surface area (Å²) in [5, 5.41) is 19.9. The first-order chi connectivity index (χ1) is 16.5. The standard InChI is InChI=1S/C24H31ClF3N3O4/c25-19-13-16(1-3-18(19)24(26,27)28)29-9-5-22(35)31(12-11-29)17(15-32)2-4-21(34)30-10-8-23(6-7-23)20(33)14-30/h1,3,13,17,20,32-33H,2,4-12,14-15H2/t17-,20+/m0/s1. The van der Waals surface area contributed by atoms with E-state index in [-0.39, 0.29) is 43.2 Å². The molecule has 2 heterocycles. The molecule has 194 valence electrons. The van der Waals surface area contributed by atoms with E-state index in [2.05, 4.69) is 0 Å². The van der Waals surface area contributed by atoms with Gasteiger partial charge in [-0.05, 0) is 49.3 Å². The van der Waals surface area contributed by atoms with Gasteiger partial charge in [0.1, 0.15) is 0 Å². The molecular weight excluding hydrogens is 487 g/mol. The first kappa shape index (κ1) is 26.0. The molecular formula is C24H31ClF3N3O4. The van der Waals surface area contributed by atoms with E-state index in [4.69, 9.17) is 11.6 Å². The third kappa shape index (κ3) is 5.70. The fourth-order valence-electron chi connectivity index (χ4n) is 5.20. The third-order valence-corrected chi connectivity index (χ3v) is 8.03. The summed E-state index contributed by atoms with van der Waals surface area (Å²) in [5.41, 5.74) is -0.411. The van der Waals surface area contributed by atoms with E-state index in [1.165, 1.54) is 12.1 Å². The minimum atomic E-state index is -4.54. The first-order valence-electron chi connectivity index (χ1n) is 12.0. The number of hydrogen-bond donors (Lipinski definition) is 2. The van der Waals surface area contributed by atoms with Crippen LogP contribution in [0.5, 0.6) is 0 Å². The average molecular weight is 518 g/mol. The number of benzene rings is 1. The molecule has 35 heavy (non-hydrogen) atoms. The molecule has 2 amide bonds. The Hall–Kier alpha value is -2.04. The molecule has 4 rings (SSSR count). The highest BCUT2D eigenvalue weighted by Crippen LogP contribution is 2.53. The molecule has 1 aromatic carbocycles. The lowest BCUT2D eigenvalue weighted by Crippen LogP contribution is -2.48. The summed E-state index contributed by atoms with van der Waals surface area (Å²) in [7, 11) is 0. The summed E-state index contributed by atoms with van der Waals surface area (Å²) in [5.74, 6) is -0.276. The van der Waals surface area contributed by atoms with Gasteiger partial charge in [-0.15, -0.1) is 0 Å². The molecule has 2 atom stereocenters. The number of rotatable bonds is 6. The monoisotopic (exact) mass is 517 g/mol. The molecule has 2 aliphatic heterocycles. The number of aliphatic hydroxyl groups excluding tert-OH is 2. The number of carbonyl (C=O) groups is 2. The van der Waals surface area contributed by atoms with Crippen LogP contribution in [0.4, 0.5) is 18.9 Å². The van der Waals surface area contributed by atoms with Gasteiger partial charge in [-0.2, -0.15) is 13.2 Å². The Labute approximate surface area is 207 Å². The Morgan fingerprint density at radius 1 is 1.17 bits per heavy atom. The molecule has 1 saturated carbocycles. The molecule has 0 radical (unpaired) electrons. The second-order valence-corrected chi connectivity index (χ2v) is 10.2. The molecule has 0 unspecified atom stereocenters. The van der Waals surface area contributed by atoms with E-state index in [0.29, 0.717) is 38.3 Å². The Kier molecular flexibility index (Phi) is 7.54. The van der Waals surface area contributed by atoms with Crippen molar-refractivity contribution in [3.05, 3.63) is 28.8 Å². The van der Waals surface area contributed by atoms with Crippen molar-refractivity contribution in [3.63, 3.8) is 0 Å². The number of anilines is 1. The van der Waals surface area contributed by atoms with Gasteiger partial charge < -0.3 is 24.9 Å². The minimum absolute atomic E-state index is 0.00600. The van der Waals surface area contributed by atoms with Crippen LogP contribution in [0, 0.1) is 5.41 Å². The topological polar surface area (TPSA) is 84.3 Å². The van der Waals surface area contributed by atoms with Crippen LogP contribution >= 0.6 is 11.6 Å². The minimum Gasteiger partial charge on any atom is -0.394 e. The SMILES string of the molecule is O=C(CC[C@@H](CO)N1CCN(c2ccc(C(F)(F)F)c(Cl)c2)CCC1=O)N1CCC2(CC2)[C@H](O)C1. The number of carbonyl (C=O) groups excluding carboxylic acids is 2. The van der Waals surface area contributed by atoms with Crippen molar-refractivity contribution in [1.29, 1.82) is 0 Å². The predicted molar refractivity (Wildman–Crippen MR) is 124 cm³/mol. The zero-order valence-corrected chi connectivity index (χ0v) is 20.2. The van der Waals surface area contributed by atoms with Gasteiger partial charge in [0.15, 0.2) is 0 Å². The quantitative estimate of drug-likeness (QED) is 0.606. The number of nitrogens with zero attached hydrogens (tertiary/aromatic N) is 3. The molecule has 1 spiro atoms. The molecule has 7 nitrogen and oxygen atoms in total. The summed E-state index contributed by atoms with van der Waals surface area (Å²) in [6.07, 6.45) is -1.63. The molecule has 1 aromatic rings. The highest BCUT2D eigenvalue weighted by Gasteiger charge is 2.51. The molecule has 0 bridgehead atoms. The highest BCUT2D eigenvalue weighted by molar-refractivity contribution is 6.31. The first-order valence-corrected chi connectivity index (χ1v) is 12.4. The van der Waals surface area contributed by atoms with Crippen molar-refractivity contribution in [2.24, 2.45) is 5.41 Å². The van der Waals surface area contributed by atoms with E-state index >= 15 is 0 Å². The Bertz CT molecular complexity index is 956. The van der Waals surface area contributed by atoms with Crippen LogP contribution in [-0.4, -0.2) is 83.3 Å². The van der Waals surface area contributed by atoms with Crippen molar-refractivity contribution < 1.29 is 33.0 Å². The van der Waals surface area contributed by atoms with Crippen molar-refractivity contribution in [3.8, 4) is 0 Å². The smallest absolute Gasteiger partial charge is 0.394 e. The maximum absolute atomic E-state index is 13.0. The molecule has 2 N–H and O–H groups in total. The Morgan fingerprint density at radius 3 is 2.51 bits per heavy atom. The van der Waals surface area contributed by atoms with Crippen molar-refractivity contribution >= 4 is 29.1 Å². The third-order valence-electron chi connectivity index (χ3n) is 7.72. The lowest BCUT2D eigenvalue weighted by atomic mass is 9.90. The van der Waals surface area contributed by atoms with Crippen molar-refractivity contribution in [2.75, 3.05) is 44.2 Å². The van der Waals surface area contributed by atoms with Crippen molar-refractivity contribution in [2.45, 2.75) is 56.8 Å².